The van der Waals surface area contributed by atoms with Crippen LogP contribution in [0.4, 0.5) is 19.0 Å². The van der Waals surface area contributed by atoms with Gasteiger partial charge in [0, 0.05) is 36.9 Å². The molecule has 1 fully saturated rings. The molecule has 2 aromatic heterocycles. The van der Waals surface area contributed by atoms with Gasteiger partial charge < -0.3 is 19.5 Å². The van der Waals surface area contributed by atoms with Gasteiger partial charge in [-0.25, -0.2) is 4.98 Å². The first-order valence-corrected chi connectivity index (χ1v) is 9.87. The number of aryl methyl sites for hydroxylation is 1. The van der Waals surface area contributed by atoms with Crippen LogP contribution >= 0.6 is 0 Å². The van der Waals surface area contributed by atoms with E-state index in [2.05, 4.69) is 20.4 Å². The van der Waals surface area contributed by atoms with Gasteiger partial charge in [-0.2, -0.15) is 22.7 Å². The largest absolute Gasteiger partial charge is 0.454 e. The lowest BCUT2D eigenvalue weighted by Crippen LogP contribution is -2.40. The van der Waals surface area contributed by atoms with Gasteiger partial charge in [0.15, 0.2) is 11.5 Å². The Kier molecular flexibility index (Phi) is 4.65. The minimum atomic E-state index is -4.65. The van der Waals surface area contributed by atoms with Gasteiger partial charge in [-0.1, -0.05) is 6.07 Å². The van der Waals surface area contributed by atoms with E-state index in [1.54, 1.807) is 13.0 Å². The molecule has 0 radical (unpaired) electrons. The molecule has 0 amide bonds. The van der Waals surface area contributed by atoms with Crippen LogP contribution in [0.15, 0.2) is 24.3 Å². The number of ether oxygens (including phenoxy) is 3. The van der Waals surface area contributed by atoms with E-state index >= 15 is 0 Å². The van der Waals surface area contributed by atoms with Gasteiger partial charge >= 0.3 is 6.18 Å². The third kappa shape index (κ3) is 3.62. The summed E-state index contributed by atoms with van der Waals surface area (Å²) in [6.45, 7) is 3.53. The molecule has 2 aliphatic rings. The summed E-state index contributed by atoms with van der Waals surface area (Å²) in [5, 5.41) is 6.92. The van der Waals surface area contributed by atoms with Crippen LogP contribution in [0.25, 0.3) is 5.78 Å². The first-order valence-electron chi connectivity index (χ1n) is 9.87. The van der Waals surface area contributed by atoms with Gasteiger partial charge in [-0.05, 0) is 37.5 Å². The molecule has 31 heavy (non-hydrogen) atoms. The third-order valence-corrected chi connectivity index (χ3v) is 5.74. The maximum Gasteiger partial charge on any atom is 0.453 e. The van der Waals surface area contributed by atoms with E-state index in [9.17, 15) is 13.2 Å². The lowest BCUT2D eigenvalue weighted by molar-refractivity contribution is -0.144. The van der Waals surface area contributed by atoms with Crippen molar-refractivity contribution < 1.29 is 27.4 Å². The van der Waals surface area contributed by atoms with E-state index in [0.717, 1.165) is 22.9 Å². The number of alkyl halides is 3. The highest BCUT2D eigenvalue weighted by Gasteiger charge is 2.38. The molecule has 1 aromatic carbocycles. The molecule has 0 spiro atoms. The number of rotatable bonds is 4. The summed E-state index contributed by atoms with van der Waals surface area (Å²) in [6.07, 6.45) is -3.15. The Morgan fingerprint density at radius 2 is 1.87 bits per heavy atom. The van der Waals surface area contributed by atoms with Crippen LogP contribution in [0.2, 0.25) is 0 Å². The van der Waals surface area contributed by atoms with Crippen molar-refractivity contribution >= 4 is 11.6 Å². The lowest BCUT2D eigenvalue weighted by atomic mass is 9.74. The Hall–Kier alpha value is -3.08. The summed E-state index contributed by atoms with van der Waals surface area (Å²) in [5.41, 5.74) is 1.31. The molecule has 0 bridgehead atoms. The fourth-order valence-corrected chi connectivity index (χ4v) is 4.05. The van der Waals surface area contributed by atoms with E-state index in [1.165, 1.54) is 0 Å². The predicted molar refractivity (Wildman–Crippen MR) is 103 cm³/mol. The summed E-state index contributed by atoms with van der Waals surface area (Å²) >= 11 is 0. The van der Waals surface area contributed by atoms with Crippen molar-refractivity contribution in [3.63, 3.8) is 0 Å². The molecule has 0 aliphatic carbocycles. The number of hydrogen-bond donors (Lipinski definition) is 1. The molecular weight excluding hydrogens is 415 g/mol. The van der Waals surface area contributed by atoms with Crippen LogP contribution < -0.4 is 14.8 Å². The minimum Gasteiger partial charge on any atom is -0.454 e. The second-order valence-corrected chi connectivity index (χ2v) is 7.74. The van der Waals surface area contributed by atoms with Crippen molar-refractivity contribution in [3.05, 3.63) is 41.3 Å². The molecule has 8 nitrogen and oxygen atoms in total. The van der Waals surface area contributed by atoms with E-state index in [4.69, 9.17) is 14.2 Å². The maximum atomic E-state index is 13.1. The summed E-state index contributed by atoms with van der Waals surface area (Å²) < 4.78 is 56.9. The fourth-order valence-electron chi connectivity index (χ4n) is 4.05. The average molecular weight is 435 g/mol. The quantitative estimate of drug-likeness (QED) is 0.673. The minimum absolute atomic E-state index is 0.0982. The smallest absolute Gasteiger partial charge is 0.453 e. The second-order valence-electron chi connectivity index (χ2n) is 7.74. The number of aromatic nitrogens is 4. The molecular formula is C20H20F3N5O3. The highest BCUT2D eigenvalue weighted by atomic mass is 19.4. The van der Waals surface area contributed by atoms with Gasteiger partial charge in [0.2, 0.25) is 6.79 Å². The van der Waals surface area contributed by atoms with Crippen LogP contribution in [0, 0.1) is 6.92 Å². The van der Waals surface area contributed by atoms with E-state index in [0.29, 0.717) is 42.8 Å². The molecule has 4 heterocycles. The summed E-state index contributed by atoms with van der Waals surface area (Å²) in [5.74, 6) is 0.477. The zero-order chi connectivity index (χ0) is 21.6. The summed E-state index contributed by atoms with van der Waals surface area (Å²) in [4.78, 5) is 7.62. The van der Waals surface area contributed by atoms with Crippen molar-refractivity contribution in [1.29, 1.82) is 0 Å². The fraction of sp³-hybridized carbons (Fsp3) is 0.450. The number of benzene rings is 1. The van der Waals surface area contributed by atoms with Crippen molar-refractivity contribution in [3.8, 4) is 11.5 Å². The third-order valence-electron chi connectivity index (χ3n) is 5.74. The summed E-state index contributed by atoms with van der Waals surface area (Å²) in [7, 11) is 0. The number of fused-ring (bicyclic) bond motifs is 2. The molecule has 3 aromatic rings. The second kappa shape index (κ2) is 7.26. The molecule has 1 N–H and O–H groups in total. The van der Waals surface area contributed by atoms with Crippen LogP contribution in [-0.2, 0) is 16.3 Å². The van der Waals surface area contributed by atoms with E-state index < -0.39 is 12.0 Å². The van der Waals surface area contributed by atoms with Crippen molar-refractivity contribution in [2.75, 3.05) is 31.9 Å². The lowest BCUT2D eigenvalue weighted by Gasteiger charge is -2.38. The molecule has 164 valence electrons. The van der Waals surface area contributed by atoms with E-state index in [-0.39, 0.29) is 18.0 Å². The Morgan fingerprint density at radius 1 is 1.10 bits per heavy atom. The Balaban J connectivity index is 1.49. The molecule has 0 saturated carbocycles. The molecule has 0 unspecified atom stereocenters. The molecule has 0 atom stereocenters. The normalized spacial score (nSPS) is 17.8. The van der Waals surface area contributed by atoms with Crippen LogP contribution in [0.3, 0.4) is 0 Å². The van der Waals surface area contributed by atoms with Gasteiger partial charge in [0.25, 0.3) is 11.6 Å². The first-order chi connectivity index (χ1) is 14.8. The van der Waals surface area contributed by atoms with E-state index in [1.807, 2.05) is 18.2 Å². The van der Waals surface area contributed by atoms with Gasteiger partial charge in [0.1, 0.15) is 5.82 Å². The van der Waals surface area contributed by atoms with Gasteiger partial charge in [-0.15, -0.1) is 5.10 Å². The topological polar surface area (TPSA) is 82.8 Å². The first kappa shape index (κ1) is 19.9. The van der Waals surface area contributed by atoms with Crippen LogP contribution in [0.5, 0.6) is 11.5 Å². The number of halogens is 3. The molecule has 1 saturated heterocycles. The predicted octanol–water partition coefficient (Wildman–Crippen LogP) is 3.34. The number of anilines is 1. The zero-order valence-corrected chi connectivity index (χ0v) is 16.7. The van der Waals surface area contributed by atoms with Crippen molar-refractivity contribution in [1.82, 2.24) is 19.6 Å². The molecule has 5 rings (SSSR count). The average Bonchev–Trinajstić information content (AvgIpc) is 3.38. The monoisotopic (exact) mass is 435 g/mol. The maximum absolute atomic E-state index is 13.1. The Morgan fingerprint density at radius 3 is 2.65 bits per heavy atom. The Labute approximate surface area is 175 Å². The van der Waals surface area contributed by atoms with Crippen LogP contribution in [0.1, 0.15) is 29.9 Å². The molecule has 11 heteroatoms. The highest BCUT2D eigenvalue weighted by molar-refractivity contribution is 5.49. The number of nitrogens with zero attached hydrogens (tertiary/aromatic N) is 4. The zero-order valence-electron chi connectivity index (χ0n) is 16.7. The van der Waals surface area contributed by atoms with Crippen molar-refractivity contribution in [2.24, 2.45) is 0 Å². The number of hydrogen-bond acceptors (Lipinski definition) is 7. The SMILES string of the molecule is Cc1cc(NCC2(c3ccc4c(c3)OCO4)CCOCC2)n2nc(C(F)(F)F)nc2n1. The van der Waals surface area contributed by atoms with Crippen molar-refractivity contribution in [2.45, 2.75) is 31.4 Å². The summed E-state index contributed by atoms with van der Waals surface area (Å²) in [6, 6.07) is 7.52. The number of nitrogens with one attached hydrogen (secondary N) is 1. The van der Waals surface area contributed by atoms with Gasteiger partial charge in [0.05, 0.1) is 0 Å². The highest BCUT2D eigenvalue weighted by Crippen LogP contribution is 2.41. The van der Waals surface area contributed by atoms with Gasteiger partial charge in [-0.3, -0.25) is 0 Å². The van der Waals surface area contributed by atoms with Crippen LogP contribution in [-0.4, -0.2) is 46.1 Å². The molecule has 2 aliphatic heterocycles. The Bertz CT molecular complexity index is 1130. The standard InChI is InChI=1S/C20H20F3N5O3/c1-12-8-16(28-18(25-12)26-17(27-28)20(21,22)23)24-10-19(4-6-29-7-5-19)13-2-3-14-15(9-13)31-11-30-14/h2-3,8-9,24H,4-7,10-11H2,1H3.